The topological polar surface area (TPSA) is 104 Å². The normalized spacial score (nSPS) is 11.3. The van der Waals surface area contributed by atoms with Crippen LogP contribution in [0.4, 0.5) is 5.69 Å². The summed E-state index contributed by atoms with van der Waals surface area (Å²) in [4.78, 5) is 9.95. The molecule has 32 heavy (non-hydrogen) atoms. The molecule has 0 spiro atoms. The van der Waals surface area contributed by atoms with Gasteiger partial charge >= 0.3 is 10.1 Å². The Morgan fingerprint density at radius 3 is 2.38 bits per heavy atom. The number of hydrogen-bond acceptors (Lipinski definition) is 6. The van der Waals surface area contributed by atoms with Gasteiger partial charge in [0.25, 0.3) is 5.69 Å². The molecule has 0 aliphatic carbocycles. The maximum absolute atomic E-state index is 12.9. The van der Waals surface area contributed by atoms with Gasteiger partial charge < -0.3 is 4.18 Å². The molecule has 0 amide bonds. The lowest BCUT2D eigenvalue weighted by molar-refractivity contribution is -0.384. The summed E-state index contributed by atoms with van der Waals surface area (Å²) in [6, 6.07) is 20.3. The zero-order valence-corrected chi connectivity index (χ0v) is 18.4. The van der Waals surface area contributed by atoms with E-state index in [2.05, 4.69) is 5.10 Å². The number of nitro groups is 1. The standard InChI is InChI=1S/C21H13Cl2N3O5S/c22-15-7-4-8-16(11-15)25-21(13-19(24-25)14-5-2-1-3-6-14)31-32(29,30)17-9-10-18(23)20(12-17)26(27)28/h1-13H. The monoisotopic (exact) mass is 489 g/mol. The predicted molar refractivity (Wildman–Crippen MR) is 120 cm³/mol. The number of halogens is 2. The van der Waals surface area contributed by atoms with Crippen molar-refractivity contribution in [1.82, 2.24) is 9.78 Å². The van der Waals surface area contributed by atoms with E-state index in [-0.39, 0.29) is 10.9 Å². The highest BCUT2D eigenvalue weighted by Gasteiger charge is 2.25. The minimum atomic E-state index is -4.45. The Bertz CT molecular complexity index is 1420. The van der Waals surface area contributed by atoms with Gasteiger partial charge in [0.1, 0.15) is 9.92 Å². The summed E-state index contributed by atoms with van der Waals surface area (Å²) in [6.45, 7) is 0. The van der Waals surface area contributed by atoms with Crippen LogP contribution in [0.3, 0.4) is 0 Å². The Labute approximate surface area is 192 Å². The van der Waals surface area contributed by atoms with Crippen molar-refractivity contribution in [1.29, 1.82) is 0 Å². The Morgan fingerprint density at radius 1 is 0.938 bits per heavy atom. The van der Waals surface area contributed by atoms with Crippen molar-refractivity contribution in [2.24, 2.45) is 0 Å². The lowest BCUT2D eigenvalue weighted by Crippen LogP contribution is -2.13. The van der Waals surface area contributed by atoms with Crippen molar-refractivity contribution >= 4 is 39.0 Å². The molecule has 0 saturated carbocycles. The van der Waals surface area contributed by atoms with E-state index >= 15 is 0 Å². The van der Waals surface area contributed by atoms with E-state index in [1.165, 1.54) is 10.7 Å². The maximum Gasteiger partial charge on any atom is 0.340 e. The van der Waals surface area contributed by atoms with Crippen LogP contribution in [-0.2, 0) is 10.1 Å². The van der Waals surface area contributed by atoms with Crippen molar-refractivity contribution in [3.8, 4) is 22.8 Å². The molecule has 1 aromatic heterocycles. The smallest absolute Gasteiger partial charge is 0.340 e. The van der Waals surface area contributed by atoms with Crippen LogP contribution >= 0.6 is 23.2 Å². The second kappa shape index (κ2) is 8.62. The van der Waals surface area contributed by atoms with E-state index in [9.17, 15) is 18.5 Å². The van der Waals surface area contributed by atoms with Gasteiger partial charge in [-0.1, -0.05) is 59.6 Å². The first-order chi connectivity index (χ1) is 15.2. The summed E-state index contributed by atoms with van der Waals surface area (Å²) >= 11 is 11.9. The van der Waals surface area contributed by atoms with Gasteiger partial charge in [0.05, 0.1) is 16.3 Å². The average Bonchev–Trinajstić information content (AvgIpc) is 3.17. The van der Waals surface area contributed by atoms with Crippen molar-refractivity contribution in [2.45, 2.75) is 4.90 Å². The van der Waals surface area contributed by atoms with E-state index in [0.29, 0.717) is 16.4 Å². The molecule has 0 radical (unpaired) electrons. The third-order valence-corrected chi connectivity index (χ3v) is 6.17. The van der Waals surface area contributed by atoms with Gasteiger partial charge in [-0.3, -0.25) is 10.1 Å². The van der Waals surface area contributed by atoms with Gasteiger partial charge in [-0.05, 0) is 30.3 Å². The van der Waals surface area contributed by atoms with Crippen LogP contribution in [0.25, 0.3) is 16.9 Å². The van der Waals surface area contributed by atoms with E-state index in [1.54, 1.807) is 24.3 Å². The van der Waals surface area contributed by atoms with Crippen LogP contribution in [0.2, 0.25) is 10.0 Å². The summed E-state index contributed by atoms with van der Waals surface area (Å²) in [5.74, 6) is -0.122. The van der Waals surface area contributed by atoms with Crippen LogP contribution in [0, 0.1) is 10.1 Å². The van der Waals surface area contributed by atoms with Crippen LogP contribution in [0.5, 0.6) is 5.88 Å². The number of nitrogens with zero attached hydrogens (tertiary/aromatic N) is 3. The first-order valence-corrected chi connectivity index (χ1v) is 11.2. The minimum absolute atomic E-state index is 0.122. The van der Waals surface area contributed by atoms with Crippen molar-refractivity contribution < 1.29 is 17.5 Å². The summed E-state index contributed by atoms with van der Waals surface area (Å²) in [6.07, 6.45) is 0. The molecule has 0 N–H and O–H groups in total. The number of nitro benzene ring substituents is 1. The van der Waals surface area contributed by atoms with Crippen molar-refractivity contribution in [3.63, 3.8) is 0 Å². The summed E-state index contributed by atoms with van der Waals surface area (Å²) in [7, 11) is -4.45. The van der Waals surface area contributed by atoms with E-state index in [0.717, 1.165) is 23.8 Å². The molecule has 1 heterocycles. The zero-order valence-electron chi connectivity index (χ0n) is 16.1. The minimum Gasteiger partial charge on any atom is -0.358 e. The molecule has 0 unspecified atom stereocenters. The average molecular weight is 490 g/mol. The molecule has 0 fully saturated rings. The lowest BCUT2D eigenvalue weighted by Gasteiger charge is -2.10. The molecule has 162 valence electrons. The number of benzene rings is 3. The second-order valence-electron chi connectivity index (χ2n) is 6.53. The van der Waals surface area contributed by atoms with Gasteiger partial charge in [-0.2, -0.15) is 18.2 Å². The second-order valence-corrected chi connectivity index (χ2v) is 8.92. The molecule has 8 nitrogen and oxygen atoms in total. The number of aromatic nitrogens is 2. The van der Waals surface area contributed by atoms with E-state index < -0.39 is 25.6 Å². The summed E-state index contributed by atoms with van der Waals surface area (Å²) < 4.78 is 32.5. The maximum atomic E-state index is 12.9. The van der Waals surface area contributed by atoms with Gasteiger partial charge in [0, 0.05) is 22.7 Å². The highest BCUT2D eigenvalue weighted by molar-refractivity contribution is 7.87. The predicted octanol–water partition coefficient (Wildman–Crippen LogP) is 5.52. The fourth-order valence-corrected chi connectivity index (χ4v) is 4.22. The quantitative estimate of drug-likeness (QED) is 0.200. The third kappa shape index (κ3) is 4.45. The summed E-state index contributed by atoms with van der Waals surface area (Å²) in [5.41, 5.74) is 1.10. The molecule has 3 aromatic carbocycles. The third-order valence-electron chi connectivity index (χ3n) is 4.40. The van der Waals surface area contributed by atoms with Crippen LogP contribution < -0.4 is 4.18 Å². The van der Waals surface area contributed by atoms with Crippen LogP contribution in [0.15, 0.2) is 83.8 Å². The Morgan fingerprint density at radius 2 is 1.69 bits per heavy atom. The zero-order chi connectivity index (χ0) is 22.9. The molecule has 11 heteroatoms. The molecule has 4 rings (SSSR count). The Kier molecular flexibility index (Phi) is 5.88. The van der Waals surface area contributed by atoms with Crippen molar-refractivity contribution in [3.05, 3.63) is 99.0 Å². The number of rotatable bonds is 6. The first-order valence-electron chi connectivity index (χ1n) is 9.04. The molecule has 0 aliphatic rings. The van der Waals surface area contributed by atoms with Gasteiger partial charge in [0.15, 0.2) is 0 Å². The molecule has 0 bridgehead atoms. The van der Waals surface area contributed by atoms with Gasteiger partial charge in [0.2, 0.25) is 5.88 Å². The first kappa shape index (κ1) is 21.8. The van der Waals surface area contributed by atoms with Gasteiger partial charge in [-0.25, -0.2) is 0 Å². The largest absolute Gasteiger partial charge is 0.358 e. The fourth-order valence-electron chi connectivity index (χ4n) is 2.91. The van der Waals surface area contributed by atoms with Gasteiger partial charge in [-0.15, -0.1) is 0 Å². The SMILES string of the molecule is O=[N+]([O-])c1cc(S(=O)(=O)Oc2cc(-c3ccccc3)nn2-c2cccc(Cl)c2)ccc1Cl. The Hall–Kier alpha value is -3.40. The molecule has 4 aromatic rings. The molecule has 0 saturated heterocycles. The highest BCUT2D eigenvalue weighted by Crippen LogP contribution is 2.31. The molecular formula is C21H13Cl2N3O5S. The number of hydrogen-bond donors (Lipinski definition) is 0. The van der Waals surface area contributed by atoms with Crippen molar-refractivity contribution in [2.75, 3.05) is 0 Å². The van der Waals surface area contributed by atoms with Crippen LogP contribution in [-0.4, -0.2) is 23.1 Å². The van der Waals surface area contributed by atoms with E-state index in [4.69, 9.17) is 27.4 Å². The molecule has 0 aliphatic heterocycles. The molecule has 0 atom stereocenters. The summed E-state index contributed by atoms with van der Waals surface area (Å²) in [5, 5.41) is 15.8. The van der Waals surface area contributed by atoms with Crippen LogP contribution in [0.1, 0.15) is 0 Å². The highest BCUT2D eigenvalue weighted by atomic mass is 35.5. The Balaban J connectivity index is 1.81. The van der Waals surface area contributed by atoms with E-state index in [1.807, 2.05) is 30.3 Å². The molecular weight excluding hydrogens is 477 g/mol. The fraction of sp³-hybridized carbons (Fsp3) is 0. The lowest BCUT2D eigenvalue weighted by atomic mass is 10.2.